The van der Waals surface area contributed by atoms with Crippen LogP contribution in [0.15, 0.2) is 84.9 Å². The monoisotopic (exact) mass is 763 g/mol. The van der Waals surface area contributed by atoms with Crippen LogP contribution in [0.4, 0.5) is 39.8 Å². The molecule has 0 fully saturated rings. The van der Waals surface area contributed by atoms with Crippen LogP contribution < -0.4 is 20.7 Å². The first-order valence-electron chi connectivity index (χ1n) is 18.3. The van der Waals surface area contributed by atoms with Crippen LogP contribution in [0, 0.1) is 5.92 Å². The Balaban J connectivity index is 1.35. The second-order valence-corrected chi connectivity index (χ2v) is 14.0. The summed E-state index contributed by atoms with van der Waals surface area (Å²) in [7, 11) is 1.56. The lowest BCUT2D eigenvalue weighted by Crippen LogP contribution is -2.48. The Labute approximate surface area is 318 Å². The van der Waals surface area contributed by atoms with Gasteiger partial charge in [-0.05, 0) is 87.0 Å². The predicted molar refractivity (Wildman–Crippen MR) is 207 cm³/mol. The summed E-state index contributed by atoms with van der Waals surface area (Å²) in [5.41, 5.74) is 0.556. The van der Waals surface area contributed by atoms with E-state index in [9.17, 15) is 32.7 Å². The molecule has 4 atom stereocenters. The number of amides is 5. The van der Waals surface area contributed by atoms with E-state index in [1.807, 2.05) is 50.2 Å². The van der Waals surface area contributed by atoms with Crippen LogP contribution >= 0.6 is 0 Å². The molecule has 4 aromatic carbocycles. The summed E-state index contributed by atoms with van der Waals surface area (Å²) in [6.07, 6.45) is -3.18. The number of aliphatic hydroxyl groups excluding tert-OH is 1. The van der Waals surface area contributed by atoms with Crippen LogP contribution in [-0.2, 0) is 10.9 Å². The molecule has 5 amide bonds. The Bertz CT molecular complexity index is 1940. The van der Waals surface area contributed by atoms with E-state index in [4.69, 9.17) is 9.47 Å². The summed E-state index contributed by atoms with van der Waals surface area (Å²) < 4.78 is 51.7. The lowest BCUT2D eigenvalue weighted by Gasteiger charge is -2.35. The number of ether oxygens (including phenoxy) is 2. The van der Waals surface area contributed by atoms with Crippen molar-refractivity contribution in [3.05, 3.63) is 96.1 Å². The number of hydrogen-bond acceptors (Lipinski definition) is 6. The molecule has 14 heteroatoms. The van der Waals surface area contributed by atoms with Gasteiger partial charge in [0.2, 0.25) is 0 Å². The van der Waals surface area contributed by atoms with Crippen molar-refractivity contribution < 1.29 is 42.1 Å². The fourth-order valence-electron chi connectivity index (χ4n) is 6.40. The standard InChI is InChI=1S/C41H48F3N5O6/c1-26-23-49(27(2)25-50)38(51)34-22-32(45-39(52)47-35-14-9-12-29-11-5-6-13-33(29)35)19-20-36(34)55-28(3)10-7-8-21-54-37(26)24-48(4)40(53)46-31-17-15-30(16-18-31)41(42,43)44/h5-6,9,11-20,22,26-28,37,50H,7-8,10,21,23-25H2,1-4H3,(H,46,53)(H2,45,47,52)/t26-,27-,28-,37+/m1/s1. The molecule has 0 aromatic heterocycles. The van der Waals surface area contributed by atoms with E-state index in [0.717, 1.165) is 29.3 Å². The number of nitrogens with one attached hydrogen (secondary N) is 3. The maximum atomic E-state index is 14.5. The highest BCUT2D eigenvalue weighted by Gasteiger charge is 2.32. The van der Waals surface area contributed by atoms with Crippen molar-refractivity contribution in [1.29, 1.82) is 0 Å². The number of alkyl halides is 3. The van der Waals surface area contributed by atoms with Gasteiger partial charge in [0.15, 0.2) is 0 Å². The number of anilines is 3. The average molecular weight is 764 g/mol. The fourth-order valence-corrected chi connectivity index (χ4v) is 6.40. The van der Waals surface area contributed by atoms with Crippen molar-refractivity contribution in [1.82, 2.24) is 9.80 Å². The van der Waals surface area contributed by atoms with Crippen molar-refractivity contribution in [2.75, 3.05) is 49.3 Å². The smallest absolute Gasteiger partial charge is 0.416 e. The van der Waals surface area contributed by atoms with Gasteiger partial charge in [0.25, 0.3) is 5.91 Å². The number of rotatable bonds is 7. The lowest BCUT2D eigenvalue weighted by atomic mass is 10.0. The zero-order valence-corrected chi connectivity index (χ0v) is 31.4. The Hall–Kier alpha value is -5.34. The molecule has 11 nitrogen and oxygen atoms in total. The van der Waals surface area contributed by atoms with E-state index in [1.165, 1.54) is 21.9 Å². The van der Waals surface area contributed by atoms with Gasteiger partial charge in [0.1, 0.15) is 5.75 Å². The SMILES string of the molecule is C[C@@H]1CCCCO[C@@H](CN(C)C(=O)Nc2ccc(C(F)(F)F)cc2)[C@H](C)CN([C@H](C)CO)C(=O)c2cc(NC(=O)Nc3cccc4ccccc34)ccc2O1. The number of benzene rings is 4. The maximum absolute atomic E-state index is 14.5. The molecule has 0 unspecified atom stereocenters. The lowest BCUT2D eigenvalue weighted by molar-refractivity contribution is -0.137. The minimum absolute atomic E-state index is 0.110. The Morgan fingerprint density at radius 2 is 1.65 bits per heavy atom. The number of carbonyl (C=O) groups is 3. The number of urea groups is 2. The number of nitrogens with zero attached hydrogens (tertiary/aromatic N) is 2. The highest BCUT2D eigenvalue weighted by molar-refractivity contribution is 6.07. The second-order valence-electron chi connectivity index (χ2n) is 14.0. The normalized spacial score (nSPS) is 19.0. The molecule has 0 saturated heterocycles. The third kappa shape index (κ3) is 10.9. The molecular weight excluding hydrogens is 715 g/mol. The minimum atomic E-state index is -4.50. The van der Waals surface area contributed by atoms with Gasteiger partial charge in [-0.25, -0.2) is 9.59 Å². The van der Waals surface area contributed by atoms with E-state index < -0.39 is 41.9 Å². The Kier molecular flexibility index (Phi) is 13.6. The summed E-state index contributed by atoms with van der Waals surface area (Å²) in [6, 6.07) is 20.7. The molecular formula is C41H48F3N5O6. The van der Waals surface area contributed by atoms with Gasteiger partial charge in [-0.2, -0.15) is 13.2 Å². The number of carbonyl (C=O) groups excluding carboxylic acids is 3. The first-order chi connectivity index (χ1) is 26.2. The van der Waals surface area contributed by atoms with Gasteiger partial charge in [0.05, 0.1) is 41.7 Å². The molecule has 55 heavy (non-hydrogen) atoms. The van der Waals surface area contributed by atoms with Gasteiger partial charge >= 0.3 is 18.2 Å². The Morgan fingerprint density at radius 3 is 2.38 bits per heavy atom. The van der Waals surface area contributed by atoms with E-state index in [2.05, 4.69) is 16.0 Å². The van der Waals surface area contributed by atoms with E-state index >= 15 is 0 Å². The summed E-state index contributed by atoms with van der Waals surface area (Å²) in [5.74, 6) is -0.443. The van der Waals surface area contributed by atoms with Crippen LogP contribution in [-0.4, -0.2) is 84.5 Å². The molecule has 0 radical (unpaired) electrons. The topological polar surface area (TPSA) is 132 Å². The highest BCUT2D eigenvalue weighted by atomic mass is 19.4. The fraction of sp³-hybridized carbons (Fsp3) is 0.390. The third-order valence-electron chi connectivity index (χ3n) is 9.61. The first kappa shape index (κ1) is 40.8. The highest BCUT2D eigenvalue weighted by Crippen LogP contribution is 2.31. The van der Waals surface area contributed by atoms with Gasteiger partial charge in [0, 0.05) is 49.4 Å². The van der Waals surface area contributed by atoms with E-state index in [0.29, 0.717) is 36.6 Å². The van der Waals surface area contributed by atoms with Crippen LogP contribution in [0.5, 0.6) is 5.75 Å². The van der Waals surface area contributed by atoms with Crippen molar-refractivity contribution >= 4 is 45.8 Å². The molecule has 1 heterocycles. The van der Waals surface area contributed by atoms with Crippen LogP contribution in [0.1, 0.15) is 56.0 Å². The Morgan fingerprint density at radius 1 is 0.945 bits per heavy atom. The quantitative estimate of drug-likeness (QED) is 0.149. The molecule has 1 aliphatic heterocycles. The first-order valence-corrected chi connectivity index (χ1v) is 18.3. The van der Waals surface area contributed by atoms with Crippen LogP contribution in [0.3, 0.4) is 0 Å². The number of likely N-dealkylation sites (N-methyl/N-ethyl adjacent to an activating group) is 1. The van der Waals surface area contributed by atoms with E-state index in [-0.39, 0.29) is 43.0 Å². The summed E-state index contributed by atoms with van der Waals surface area (Å²) in [6.45, 7) is 5.80. The molecule has 294 valence electrons. The van der Waals surface area contributed by atoms with Crippen molar-refractivity contribution in [3.63, 3.8) is 0 Å². The summed E-state index contributed by atoms with van der Waals surface area (Å²) in [5, 5.41) is 20.5. The molecule has 0 saturated carbocycles. The molecule has 1 aliphatic rings. The predicted octanol–water partition coefficient (Wildman–Crippen LogP) is 8.46. The van der Waals surface area contributed by atoms with Crippen LogP contribution in [0.25, 0.3) is 10.8 Å². The maximum Gasteiger partial charge on any atom is 0.416 e. The summed E-state index contributed by atoms with van der Waals surface area (Å²) >= 11 is 0. The van der Waals surface area contributed by atoms with Crippen molar-refractivity contribution in [2.45, 2.75) is 64.5 Å². The largest absolute Gasteiger partial charge is 0.490 e. The minimum Gasteiger partial charge on any atom is -0.490 e. The van der Waals surface area contributed by atoms with Gasteiger partial charge in [-0.3, -0.25) is 4.79 Å². The number of aliphatic hydroxyl groups is 1. The molecule has 0 spiro atoms. The van der Waals surface area contributed by atoms with Crippen molar-refractivity contribution in [3.8, 4) is 5.75 Å². The van der Waals surface area contributed by atoms with Gasteiger partial charge in [-0.1, -0.05) is 43.3 Å². The second kappa shape index (κ2) is 18.3. The van der Waals surface area contributed by atoms with Crippen molar-refractivity contribution in [2.24, 2.45) is 5.92 Å². The molecule has 4 aromatic rings. The number of halogens is 3. The average Bonchev–Trinajstić information content (AvgIpc) is 3.15. The molecule has 4 N–H and O–H groups in total. The molecule has 0 bridgehead atoms. The third-order valence-corrected chi connectivity index (χ3v) is 9.61. The molecule has 0 aliphatic carbocycles. The van der Waals surface area contributed by atoms with Gasteiger partial charge < -0.3 is 40.3 Å². The summed E-state index contributed by atoms with van der Waals surface area (Å²) in [4.78, 5) is 43.8. The molecule has 5 rings (SSSR count). The number of hydrogen-bond donors (Lipinski definition) is 4. The van der Waals surface area contributed by atoms with Crippen LogP contribution in [0.2, 0.25) is 0 Å². The zero-order valence-electron chi connectivity index (χ0n) is 31.4. The number of fused-ring (bicyclic) bond motifs is 2. The zero-order chi connectivity index (χ0) is 39.7. The van der Waals surface area contributed by atoms with E-state index in [1.54, 1.807) is 38.2 Å². The van der Waals surface area contributed by atoms with Gasteiger partial charge in [-0.15, -0.1) is 0 Å².